The minimum Gasteiger partial charge on any atom is -0.499 e. The standard InChI is InChI=1S/C53H99NO5.C2H6.CH4/c1-6-10-14-15-16-20-27-37-52(55)40-39-50-45-51(54(46-50)41-29-22-17-19-26-33-48(5)58-43-30-13-9-4)47-57-42-31-23-18-21-28-38-53(56)59-44-32-36-49(34-24-11-7-2)35-25-12-8-3;1-2;/h6,49-51H,1,5,7-47H2,2-4H3;1-2H3;1H4/t50-,51-;;/m0../s1. The summed E-state index contributed by atoms with van der Waals surface area (Å²) >= 11 is 0. The van der Waals surface area contributed by atoms with Gasteiger partial charge in [0, 0.05) is 44.9 Å². The van der Waals surface area contributed by atoms with Crippen LogP contribution < -0.4 is 0 Å². The van der Waals surface area contributed by atoms with Gasteiger partial charge >= 0.3 is 5.97 Å². The van der Waals surface area contributed by atoms with Gasteiger partial charge in [-0.25, -0.2) is 0 Å². The fraction of sp³-hybridized carbons (Fsp3) is 0.893. The molecule has 2 atom stereocenters. The molecular weight excluding hydrogens is 767 g/mol. The summed E-state index contributed by atoms with van der Waals surface area (Å²) in [6.07, 6.45) is 42.2. The maximum absolute atomic E-state index is 12.7. The van der Waals surface area contributed by atoms with Crippen molar-refractivity contribution in [2.24, 2.45) is 11.8 Å². The van der Waals surface area contributed by atoms with Crippen molar-refractivity contribution in [3.8, 4) is 0 Å². The number of nitrogens with zero attached hydrogens (tertiary/aromatic N) is 1. The molecule has 1 heterocycles. The predicted molar refractivity (Wildman–Crippen MR) is 271 cm³/mol. The van der Waals surface area contributed by atoms with E-state index in [1.165, 1.54) is 128 Å². The van der Waals surface area contributed by atoms with Gasteiger partial charge in [-0.15, -0.1) is 6.58 Å². The zero-order valence-electron chi connectivity index (χ0n) is 41.7. The van der Waals surface area contributed by atoms with Crippen LogP contribution in [-0.2, 0) is 23.8 Å². The number of rotatable bonds is 46. The Morgan fingerprint density at radius 3 is 1.81 bits per heavy atom. The first kappa shape index (κ1) is 62.4. The number of carbonyl (C=O) groups is 2. The molecule has 0 bridgehead atoms. The second kappa shape index (κ2) is 48.8. The number of Topliss-reactive ketones (excluding diaryl/α,β-unsaturated/α-hetero) is 1. The lowest BCUT2D eigenvalue weighted by Gasteiger charge is -2.24. The van der Waals surface area contributed by atoms with Crippen molar-refractivity contribution in [2.75, 3.05) is 39.5 Å². The number of hydrogen-bond acceptors (Lipinski definition) is 6. The monoisotopic (exact) mass is 876 g/mol. The molecule has 1 saturated heterocycles. The minimum atomic E-state index is -0.0129. The van der Waals surface area contributed by atoms with E-state index in [0.29, 0.717) is 30.8 Å². The SMILES string of the molecule is C.C=CCCCCCCCC(=O)CC[C@H]1C[C@@H](COCCCCCCCC(=O)OCCCC(CCCCC)CCCCC)N(CCCCCCCC(=C)OCCCCC)C1.CC. The van der Waals surface area contributed by atoms with E-state index in [-0.39, 0.29) is 13.4 Å². The Bertz CT molecular complexity index is 973. The Labute approximate surface area is 388 Å². The van der Waals surface area contributed by atoms with Crippen LogP contribution in [0.5, 0.6) is 0 Å². The number of ketones is 1. The van der Waals surface area contributed by atoms with E-state index in [2.05, 4.69) is 38.8 Å². The van der Waals surface area contributed by atoms with Crippen molar-refractivity contribution >= 4 is 11.8 Å². The molecule has 0 saturated carbocycles. The van der Waals surface area contributed by atoms with Crippen molar-refractivity contribution in [1.29, 1.82) is 0 Å². The molecule has 0 aromatic carbocycles. The first-order valence-corrected chi connectivity index (χ1v) is 26.8. The number of ether oxygens (including phenoxy) is 3. The first-order valence-electron chi connectivity index (χ1n) is 26.8. The quantitative estimate of drug-likeness (QED) is 0.0263. The minimum absolute atomic E-state index is 0. The third kappa shape index (κ3) is 39.9. The molecular formula is C56H109NO5. The Morgan fingerprint density at radius 1 is 0.613 bits per heavy atom. The molecule has 0 amide bonds. The second-order valence-corrected chi connectivity index (χ2v) is 18.3. The van der Waals surface area contributed by atoms with Crippen LogP contribution in [0.15, 0.2) is 25.0 Å². The Balaban J connectivity index is 0. The highest BCUT2D eigenvalue weighted by molar-refractivity contribution is 5.78. The molecule has 6 nitrogen and oxygen atoms in total. The van der Waals surface area contributed by atoms with Crippen molar-refractivity contribution < 1.29 is 23.8 Å². The van der Waals surface area contributed by atoms with Gasteiger partial charge in [0.1, 0.15) is 5.78 Å². The zero-order chi connectivity index (χ0) is 44.9. The molecule has 0 spiro atoms. The van der Waals surface area contributed by atoms with Crippen LogP contribution in [0.4, 0.5) is 0 Å². The molecule has 0 unspecified atom stereocenters. The fourth-order valence-electron chi connectivity index (χ4n) is 8.84. The van der Waals surface area contributed by atoms with E-state index in [1.54, 1.807) is 0 Å². The lowest BCUT2D eigenvalue weighted by Crippen LogP contribution is -2.34. The van der Waals surface area contributed by atoms with E-state index < -0.39 is 0 Å². The topological polar surface area (TPSA) is 65.1 Å². The summed E-state index contributed by atoms with van der Waals surface area (Å²) in [5.74, 6) is 2.81. The molecule has 1 rings (SSSR count). The fourth-order valence-corrected chi connectivity index (χ4v) is 8.84. The summed E-state index contributed by atoms with van der Waals surface area (Å²) in [6.45, 7) is 24.0. The lowest BCUT2D eigenvalue weighted by molar-refractivity contribution is -0.144. The molecule has 0 radical (unpaired) electrons. The molecule has 0 aromatic rings. The average Bonchev–Trinajstić information content (AvgIpc) is 3.66. The van der Waals surface area contributed by atoms with Crippen molar-refractivity contribution in [1.82, 2.24) is 4.90 Å². The number of hydrogen-bond donors (Lipinski definition) is 0. The number of allylic oxidation sites excluding steroid dienone is 2. The normalized spacial score (nSPS) is 14.9. The Hall–Kier alpha value is -1.66. The molecule has 1 aliphatic heterocycles. The maximum Gasteiger partial charge on any atom is 0.305 e. The third-order valence-corrected chi connectivity index (χ3v) is 12.7. The Kier molecular flexibility index (Phi) is 49.1. The smallest absolute Gasteiger partial charge is 0.305 e. The second-order valence-electron chi connectivity index (χ2n) is 18.3. The number of unbranched alkanes of at least 4 members (excludes halogenated alkanes) is 19. The van der Waals surface area contributed by atoms with Crippen LogP contribution in [0.3, 0.4) is 0 Å². The molecule has 0 aliphatic carbocycles. The number of esters is 1. The van der Waals surface area contributed by atoms with Gasteiger partial charge in [-0.3, -0.25) is 14.5 Å². The highest BCUT2D eigenvalue weighted by atomic mass is 16.5. The molecule has 0 aromatic heterocycles. The first-order chi connectivity index (χ1) is 29.9. The molecule has 1 fully saturated rings. The van der Waals surface area contributed by atoms with Crippen LogP contribution in [-0.4, -0.2) is 62.2 Å². The van der Waals surface area contributed by atoms with Gasteiger partial charge in [-0.05, 0) is 95.4 Å². The van der Waals surface area contributed by atoms with Crippen LogP contribution in [0.1, 0.15) is 267 Å². The van der Waals surface area contributed by atoms with Gasteiger partial charge in [0.2, 0.25) is 0 Å². The maximum atomic E-state index is 12.7. The highest BCUT2D eigenvalue weighted by Crippen LogP contribution is 2.29. The summed E-state index contributed by atoms with van der Waals surface area (Å²) in [4.78, 5) is 27.8. The van der Waals surface area contributed by atoms with Crippen molar-refractivity contribution in [3.63, 3.8) is 0 Å². The summed E-state index contributed by atoms with van der Waals surface area (Å²) in [7, 11) is 0. The van der Waals surface area contributed by atoms with E-state index in [9.17, 15) is 9.59 Å². The van der Waals surface area contributed by atoms with Crippen molar-refractivity contribution in [2.45, 2.75) is 273 Å². The molecule has 1 aliphatic rings. The summed E-state index contributed by atoms with van der Waals surface area (Å²) in [5.41, 5.74) is 0. The summed E-state index contributed by atoms with van der Waals surface area (Å²) in [5, 5.41) is 0. The van der Waals surface area contributed by atoms with Crippen molar-refractivity contribution in [3.05, 3.63) is 25.0 Å². The summed E-state index contributed by atoms with van der Waals surface area (Å²) < 4.78 is 17.7. The molecule has 368 valence electrons. The Morgan fingerprint density at radius 2 is 1.15 bits per heavy atom. The van der Waals surface area contributed by atoms with E-state index in [1.807, 2.05) is 19.9 Å². The lowest BCUT2D eigenvalue weighted by atomic mass is 9.91. The van der Waals surface area contributed by atoms with Gasteiger partial charge in [0.25, 0.3) is 0 Å². The number of likely N-dealkylation sites (tertiary alicyclic amines) is 1. The van der Waals surface area contributed by atoms with Crippen LogP contribution in [0, 0.1) is 11.8 Å². The number of carbonyl (C=O) groups excluding carboxylic acids is 2. The van der Waals surface area contributed by atoms with Gasteiger partial charge in [-0.2, -0.15) is 0 Å². The van der Waals surface area contributed by atoms with Crippen LogP contribution >= 0.6 is 0 Å². The van der Waals surface area contributed by atoms with Gasteiger partial charge in [0.15, 0.2) is 0 Å². The van der Waals surface area contributed by atoms with Crippen LogP contribution in [0.25, 0.3) is 0 Å². The zero-order valence-corrected chi connectivity index (χ0v) is 41.7. The largest absolute Gasteiger partial charge is 0.499 e. The third-order valence-electron chi connectivity index (χ3n) is 12.7. The van der Waals surface area contributed by atoms with E-state index in [4.69, 9.17) is 14.2 Å². The van der Waals surface area contributed by atoms with Gasteiger partial charge in [-0.1, -0.05) is 177 Å². The van der Waals surface area contributed by atoms with E-state index in [0.717, 1.165) is 134 Å². The predicted octanol–water partition coefficient (Wildman–Crippen LogP) is 17.1. The molecule has 62 heavy (non-hydrogen) atoms. The summed E-state index contributed by atoms with van der Waals surface area (Å²) in [6, 6.07) is 0.470. The molecule has 0 N–H and O–H groups in total. The molecule has 6 heteroatoms. The van der Waals surface area contributed by atoms with Crippen LogP contribution in [0.2, 0.25) is 0 Å². The van der Waals surface area contributed by atoms with E-state index >= 15 is 0 Å². The van der Waals surface area contributed by atoms with Gasteiger partial charge in [0.05, 0.1) is 25.6 Å². The average molecular weight is 876 g/mol. The van der Waals surface area contributed by atoms with Gasteiger partial charge < -0.3 is 14.2 Å². The highest BCUT2D eigenvalue weighted by Gasteiger charge is 2.31.